The standard InChI is InChI=1S/C18H27NOS/c1-4-5-6-7-8-12-15-21-19(18(20)16(2)3)17-13-10-9-11-14-17/h9-11,13-14H,2,4-8,12,15H2,1,3H3. The van der Waals surface area contributed by atoms with Crippen LogP contribution in [0.1, 0.15) is 52.4 Å². The first kappa shape index (κ1) is 17.8. The third-order valence-electron chi connectivity index (χ3n) is 3.26. The molecule has 0 aliphatic carbocycles. The van der Waals surface area contributed by atoms with Crippen molar-refractivity contribution in [3.8, 4) is 0 Å². The van der Waals surface area contributed by atoms with E-state index in [1.165, 1.54) is 32.1 Å². The Kier molecular flexibility index (Phi) is 8.91. The summed E-state index contributed by atoms with van der Waals surface area (Å²) in [5.74, 6) is 0.970. The van der Waals surface area contributed by atoms with Gasteiger partial charge in [-0.1, -0.05) is 63.8 Å². The molecule has 0 aromatic heterocycles. The van der Waals surface area contributed by atoms with Crippen LogP contribution >= 0.6 is 11.9 Å². The van der Waals surface area contributed by atoms with Crippen molar-refractivity contribution in [3.63, 3.8) is 0 Å². The van der Waals surface area contributed by atoms with Crippen molar-refractivity contribution in [1.82, 2.24) is 0 Å². The lowest BCUT2D eigenvalue weighted by molar-refractivity contribution is -0.113. The molecule has 1 aromatic carbocycles. The topological polar surface area (TPSA) is 20.3 Å². The van der Waals surface area contributed by atoms with Gasteiger partial charge in [0.1, 0.15) is 0 Å². The summed E-state index contributed by atoms with van der Waals surface area (Å²) in [6, 6.07) is 9.81. The highest BCUT2D eigenvalue weighted by Crippen LogP contribution is 2.25. The predicted octanol–water partition coefficient (Wildman–Crippen LogP) is 5.60. The van der Waals surface area contributed by atoms with E-state index in [4.69, 9.17) is 0 Å². The molecule has 116 valence electrons. The summed E-state index contributed by atoms with van der Waals surface area (Å²) in [6.45, 7) is 7.78. The molecule has 0 aliphatic rings. The molecule has 1 aromatic rings. The number of amides is 1. The Morgan fingerprint density at radius 2 is 1.71 bits per heavy atom. The first-order valence-electron chi connectivity index (χ1n) is 7.84. The summed E-state index contributed by atoms with van der Waals surface area (Å²) in [6.07, 6.45) is 7.64. The van der Waals surface area contributed by atoms with Crippen LogP contribution in [0.2, 0.25) is 0 Å². The normalized spacial score (nSPS) is 10.4. The summed E-state index contributed by atoms with van der Waals surface area (Å²) in [4.78, 5) is 12.3. The quantitative estimate of drug-likeness (QED) is 0.318. The van der Waals surface area contributed by atoms with E-state index in [1.807, 2.05) is 30.3 Å². The summed E-state index contributed by atoms with van der Waals surface area (Å²) < 4.78 is 1.77. The lowest BCUT2D eigenvalue weighted by atomic mass is 10.1. The van der Waals surface area contributed by atoms with Crippen molar-refractivity contribution in [2.45, 2.75) is 52.4 Å². The second kappa shape index (κ2) is 10.5. The molecule has 3 heteroatoms. The molecule has 0 radical (unpaired) electrons. The van der Waals surface area contributed by atoms with Gasteiger partial charge >= 0.3 is 0 Å². The largest absolute Gasteiger partial charge is 0.268 e. The maximum Gasteiger partial charge on any atom is 0.263 e. The van der Waals surface area contributed by atoms with E-state index in [2.05, 4.69) is 13.5 Å². The van der Waals surface area contributed by atoms with E-state index < -0.39 is 0 Å². The minimum atomic E-state index is -0.00261. The molecule has 0 aliphatic heterocycles. The Balaban J connectivity index is 2.44. The van der Waals surface area contributed by atoms with Gasteiger partial charge in [-0.25, -0.2) is 0 Å². The Morgan fingerprint density at radius 1 is 1.10 bits per heavy atom. The van der Waals surface area contributed by atoms with E-state index in [9.17, 15) is 4.79 Å². The van der Waals surface area contributed by atoms with Gasteiger partial charge in [-0.3, -0.25) is 9.10 Å². The Morgan fingerprint density at radius 3 is 2.33 bits per heavy atom. The van der Waals surface area contributed by atoms with E-state index in [0.29, 0.717) is 5.57 Å². The summed E-state index contributed by atoms with van der Waals surface area (Å²) in [5.41, 5.74) is 1.51. The lowest BCUT2D eigenvalue weighted by Gasteiger charge is -2.21. The molecule has 2 nitrogen and oxygen atoms in total. The number of benzene rings is 1. The molecule has 0 fully saturated rings. The molecular formula is C18H27NOS. The van der Waals surface area contributed by atoms with Gasteiger partial charge < -0.3 is 0 Å². The fourth-order valence-corrected chi connectivity index (χ4v) is 3.09. The number of carbonyl (C=O) groups excluding carboxylic acids is 1. The Hall–Kier alpha value is -1.22. The molecule has 0 saturated carbocycles. The van der Waals surface area contributed by atoms with E-state index in [1.54, 1.807) is 23.2 Å². The number of nitrogens with zero attached hydrogens (tertiary/aromatic N) is 1. The van der Waals surface area contributed by atoms with Crippen molar-refractivity contribution < 1.29 is 4.79 Å². The number of carbonyl (C=O) groups is 1. The molecule has 21 heavy (non-hydrogen) atoms. The molecule has 0 bridgehead atoms. The van der Waals surface area contributed by atoms with Crippen molar-refractivity contribution in [2.24, 2.45) is 0 Å². The van der Waals surface area contributed by atoms with Crippen LogP contribution in [-0.2, 0) is 4.79 Å². The van der Waals surface area contributed by atoms with Crippen LogP contribution < -0.4 is 4.31 Å². The maximum absolute atomic E-state index is 12.3. The SMILES string of the molecule is C=C(C)C(=O)N(SCCCCCCCC)c1ccccc1. The van der Waals surface area contributed by atoms with Gasteiger partial charge in [0.25, 0.3) is 5.91 Å². The molecule has 0 heterocycles. The third kappa shape index (κ3) is 6.85. The molecule has 1 rings (SSSR count). The van der Waals surface area contributed by atoms with Crippen LogP contribution in [0.4, 0.5) is 5.69 Å². The average molecular weight is 305 g/mol. The Labute approximate surface area is 133 Å². The molecule has 1 amide bonds. The summed E-state index contributed by atoms with van der Waals surface area (Å²) >= 11 is 1.60. The van der Waals surface area contributed by atoms with Crippen molar-refractivity contribution in [3.05, 3.63) is 42.5 Å². The van der Waals surface area contributed by atoms with Crippen molar-refractivity contribution in [2.75, 3.05) is 10.1 Å². The van der Waals surface area contributed by atoms with Crippen LogP contribution in [0.5, 0.6) is 0 Å². The van der Waals surface area contributed by atoms with E-state index in [-0.39, 0.29) is 5.91 Å². The fourth-order valence-electron chi connectivity index (χ4n) is 2.03. The molecule has 0 saturated heterocycles. The zero-order chi connectivity index (χ0) is 15.5. The molecular weight excluding hydrogens is 278 g/mol. The predicted molar refractivity (Wildman–Crippen MR) is 94.6 cm³/mol. The summed E-state index contributed by atoms with van der Waals surface area (Å²) in [7, 11) is 0. The van der Waals surface area contributed by atoms with Crippen LogP contribution in [0, 0.1) is 0 Å². The van der Waals surface area contributed by atoms with Gasteiger partial charge in [0.15, 0.2) is 0 Å². The van der Waals surface area contributed by atoms with E-state index in [0.717, 1.165) is 17.9 Å². The zero-order valence-corrected chi connectivity index (χ0v) is 14.1. The highest BCUT2D eigenvalue weighted by atomic mass is 32.2. The number of hydrogen-bond acceptors (Lipinski definition) is 2. The minimum Gasteiger partial charge on any atom is -0.268 e. The van der Waals surface area contributed by atoms with Crippen LogP contribution in [-0.4, -0.2) is 11.7 Å². The summed E-state index contributed by atoms with van der Waals surface area (Å²) in [5, 5.41) is 0. The minimum absolute atomic E-state index is 0.00261. The highest BCUT2D eigenvalue weighted by molar-refractivity contribution is 8.01. The molecule has 0 spiro atoms. The number of rotatable bonds is 10. The number of unbranched alkanes of at least 4 members (excludes halogenated alkanes) is 5. The number of anilines is 1. The third-order valence-corrected chi connectivity index (χ3v) is 4.36. The van der Waals surface area contributed by atoms with Gasteiger partial charge in [-0.2, -0.15) is 0 Å². The smallest absolute Gasteiger partial charge is 0.263 e. The van der Waals surface area contributed by atoms with Crippen molar-refractivity contribution in [1.29, 1.82) is 0 Å². The average Bonchev–Trinajstić information content (AvgIpc) is 2.50. The van der Waals surface area contributed by atoms with Gasteiger partial charge in [-0.05, 0) is 37.4 Å². The zero-order valence-electron chi connectivity index (χ0n) is 13.3. The second-order valence-corrected chi connectivity index (χ2v) is 6.35. The van der Waals surface area contributed by atoms with E-state index >= 15 is 0 Å². The maximum atomic E-state index is 12.3. The first-order valence-corrected chi connectivity index (χ1v) is 8.79. The van der Waals surface area contributed by atoms with Gasteiger partial charge in [0.05, 0.1) is 5.69 Å². The number of hydrogen-bond donors (Lipinski definition) is 0. The van der Waals surface area contributed by atoms with Gasteiger partial charge in [0.2, 0.25) is 0 Å². The fraction of sp³-hybridized carbons (Fsp3) is 0.500. The molecule has 0 atom stereocenters. The first-order chi connectivity index (χ1) is 10.2. The second-order valence-electron chi connectivity index (χ2n) is 5.32. The molecule has 0 unspecified atom stereocenters. The van der Waals surface area contributed by atoms with Gasteiger partial charge in [-0.15, -0.1) is 0 Å². The van der Waals surface area contributed by atoms with Crippen LogP contribution in [0.3, 0.4) is 0 Å². The number of para-hydroxylation sites is 1. The lowest BCUT2D eigenvalue weighted by Crippen LogP contribution is -2.24. The van der Waals surface area contributed by atoms with Gasteiger partial charge in [0, 0.05) is 11.3 Å². The van der Waals surface area contributed by atoms with Crippen LogP contribution in [0.15, 0.2) is 42.5 Å². The monoisotopic (exact) mass is 305 g/mol. The Bertz CT molecular complexity index is 430. The highest BCUT2D eigenvalue weighted by Gasteiger charge is 2.16. The van der Waals surface area contributed by atoms with Crippen LogP contribution in [0.25, 0.3) is 0 Å². The molecule has 0 N–H and O–H groups in total. The van der Waals surface area contributed by atoms with Crippen molar-refractivity contribution >= 4 is 23.5 Å².